The minimum Gasteiger partial charge on any atom is -0.360 e. The summed E-state index contributed by atoms with van der Waals surface area (Å²) in [6.45, 7) is 2.22. The Balaban J connectivity index is 1.79. The maximum Gasteiger partial charge on any atom is 0.133 e. The lowest BCUT2D eigenvalue weighted by Crippen LogP contribution is -2.33. The highest BCUT2D eigenvalue weighted by molar-refractivity contribution is 9.10. The summed E-state index contributed by atoms with van der Waals surface area (Å²) in [5.74, 6) is 0. The lowest BCUT2D eigenvalue weighted by Gasteiger charge is -2.26. The molecule has 2 aromatic carbocycles. The van der Waals surface area contributed by atoms with Crippen LogP contribution in [0.15, 0.2) is 64.2 Å². The van der Waals surface area contributed by atoms with Crippen molar-refractivity contribution in [2.24, 2.45) is 5.10 Å². The molecule has 130 valence electrons. The number of nitrogens with one attached hydrogen (secondary N) is 2. The number of fused-ring (bicyclic) bond motifs is 1. The van der Waals surface area contributed by atoms with Crippen LogP contribution >= 0.6 is 15.9 Å². The second kappa shape index (κ2) is 8.86. The van der Waals surface area contributed by atoms with Crippen molar-refractivity contribution in [2.75, 3.05) is 5.32 Å². The van der Waals surface area contributed by atoms with Crippen LogP contribution in [0.25, 0.3) is 5.57 Å². The third-order valence-electron chi connectivity index (χ3n) is 4.24. The summed E-state index contributed by atoms with van der Waals surface area (Å²) < 4.78 is 1.08. The Morgan fingerprint density at radius 3 is 2.80 bits per heavy atom. The summed E-state index contributed by atoms with van der Waals surface area (Å²) in [5, 5.41) is 7.90. The second-order valence-electron chi connectivity index (χ2n) is 6.19. The molecule has 0 fully saturated rings. The molecule has 1 unspecified atom stereocenters. The molecule has 1 aliphatic heterocycles. The van der Waals surface area contributed by atoms with E-state index in [1.165, 1.54) is 36.0 Å². The van der Waals surface area contributed by atoms with E-state index in [1.54, 1.807) is 0 Å². The molecule has 1 heterocycles. The lowest BCUT2D eigenvalue weighted by molar-refractivity contribution is 0.677. The van der Waals surface area contributed by atoms with Crippen LogP contribution in [0.3, 0.4) is 0 Å². The van der Waals surface area contributed by atoms with E-state index in [0.717, 1.165) is 16.6 Å². The fourth-order valence-corrected chi connectivity index (χ4v) is 3.31. The van der Waals surface area contributed by atoms with Gasteiger partial charge in [0.2, 0.25) is 0 Å². The van der Waals surface area contributed by atoms with Gasteiger partial charge in [0, 0.05) is 21.9 Å². The zero-order valence-corrected chi connectivity index (χ0v) is 16.1. The summed E-state index contributed by atoms with van der Waals surface area (Å²) in [4.78, 5) is 0. The Kier molecular flexibility index (Phi) is 6.29. The van der Waals surface area contributed by atoms with Crippen LogP contribution in [0.4, 0.5) is 5.69 Å². The van der Waals surface area contributed by atoms with Crippen molar-refractivity contribution < 1.29 is 0 Å². The minimum absolute atomic E-state index is 0.0219. The highest BCUT2D eigenvalue weighted by atomic mass is 79.9. The van der Waals surface area contributed by atoms with Crippen LogP contribution in [0.1, 0.15) is 43.7 Å². The van der Waals surface area contributed by atoms with Gasteiger partial charge in [0.05, 0.1) is 0 Å². The molecule has 2 aromatic rings. The van der Waals surface area contributed by atoms with Gasteiger partial charge in [-0.3, -0.25) is 5.43 Å². The number of hydrazone groups is 1. The highest BCUT2D eigenvalue weighted by Gasteiger charge is 2.19. The zero-order valence-electron chi connectivity index (χ0n) is 14.5. The summed E-state index contributed by atoms with van der Waals surface area (Å²) in [6.07, 6.45) is 8.87. The fraction of sp³-hybridized carbons (Fsp3) is 0.286. The largest absolute Gasteiger partial charge is 0.360 e. The molecule has 0 spiro atoms. The van der Waals surface area contributed by atoms with Crippen molar-refractivity contribution in [2.45, 2.75) is 38.8 Å². The predicted octanol–water partition coefficient (Wildman–Crippen LogP) is 5.79. The summed E-state index contributed by atoms with van der Waals surface area (Å²) >= 11 is 3.58. The van der Waals surface area contributed by atoms with Gasteiger partial charge < -0.3 is 5.32 Å². The second-order valence-corrected chi connectivity index (χ2v) is 7.11. The molecule has 1 aliphatic rings. The molecule has 4 heteroatoms. The summed E-state index contributed by atoms with van der Waals surface area (Å²) in [6, 6.07) is 16.8. The van der Waals surface area contributed by atoms with Crippen molar-refractivity contribution >= 4 is 33.4 Å². The number of rotatable bonds is 7. The fourth-order valence-electron chi connectivity index (χ4n) is 2.95. The molecule has 0 radical (unpaired) electrons. The van der Waals surface area contributed by atoms with Gasteiger partial charge in [-0.25, -0.2) is 0 Å². The molecule has 1 atom stereocenters. The van der Waals surface area contributed by atoms with Gasteiger partial charge in [0.1, 0.15) is 6.17 Å². The molecule has 2 N–H and O–H groups in total. The maximum absolute atomic E-state index is 4.39. The number of anilines is 1. The van der Waals surface area contributed by atoms with Gasteiger partial charge in [-0.2, -0.15) is 5.10 Å². The Morgan fingerprint density at radius 2 is 2.00 bits per heavy atom. The Hall–Kier alpha value is -2.07. The van der Waals surface area contributed by atoms with Gasteiger partial charge in [0.15, 0.2) is 0 Å². The van der Waals surface area contributed by atoms with Crippen LogP contribution in [-0.2, 0) is 0 Å². The van der Waals surface area contributed by atoms with Crippen molar-refractivity contribution in [3.63, 3.8) is 0 Å². The Labute approximate surface area is 158 Å². The normalized spacial score (nSPS) is 16.2. The summed E-state index contributed by atoms with van der Waals surface area (Å²) in [7, 11) is 0. The molecule has 3 nitrogen and oxygen atoms in total. The van der Waals surface area contributed by atoms with Crippen LogP contribution in [0.2, 0.25) is 0 Å². The van der Waals surface area contributed by atoms with E-state index in [-0.39, 0.29) is 6.17 Å². The monoisotopic (exact) mass is 397 g/mol. The molecular weight excluding hydrogens is 374 g/mol. The van der Waals surface area contributed by atoms with E-state index in [1.807, 2.05) is 12.3 Å². The number of benzene rings is 2. The van der Waals surface area contributed by atoms with Gasteiger partial charge in [0.25, 0.3) is 0 Å². The minimum atomic E-state index is -0.0219. The summed E-state index contributed by atoms with van der Waals surface area (Å²) in [5.41, 5.74) is 7.96. The number of unbranched alkanes of at least 4 members (excludes halogenated alkanes) is 3. The van der Waals surface area contributed by atoms with E-state index in [2.05, 4.69) is 87.2 Å². The van der Waals surface area contributed by atoms with E-state index in [9.17, 15) is 0 Å². The first-order valence-corrected chi connectivity index (χ1v) is 9.68. The van der Waals surface area contributed by atoms with Gasteiger partial charge in [-0.15, -0.1) is 0 Å². The topological polar surface area (TPSA) is 36.4 Å². The van der Waals surface area contributed by atoms with Crippen molar-refractivity contribution in [3.8, 4) is 0 Å². The van der Waals surface area contributed by atoms with Gasteiger partial charge in [-0.05, 0) is 48.3 Å². The molecule has 0 aromatic heterocycles. The van der Waals surface area contributed by atoms with Crippen LogP contribution in [0, 0.1) is 0 Å². The number of nitrogens with zero attached hydrogens (tertiary/aromatic N) is 1. The van der Waals surface area contributed by atoms with E-state index in [4.69, 9.17) is 0 Å². The Morgan fingerprint density at radius 1 is 1.16 bits per heavy atom. The van der Waals surface area contributed by atoms with Gasteiger partial charge >= 0.3 is 0 Å². The lowest BCUT2D eigenvalue weighted by atomic mass is 9.93. The smallest absolute Gasteiger partial charge is 0.133 e. The number of hydrogen-bond acceptors (Lipinski definition) is 3. The molecule has 25 heavy (non-hydrogen) atoms. The van der Waals surface area contributed by atoms with Gasteiger partial charge in [-0.1, -0.05) is 66.0 Å². The molecule has 3 rings (SSSR count). The quantitative estimate of drug-likeness (QED) is 0.352. The van der Waals surface area contributed by atoms with E-state index in [0.29, 0.717) is 0 Å². The van der Waals surface area contributed by atoms with Crippen molar-refractivity contribution in [3.05, 3.63) is 70.2 Å². The van der Waals surface area contributed by atoms with Crippen molar-refractivity contribution in [1.29, 1.82) is 0 Å². The molecule has 0 amide bonds. The molecule has 0 saturated carbocycles. The standard InChI is InChI=1S/C21H24BrN3/c1-2-3-4-8-13-23-25-21-15-18(16-9-6-5-7-10-16)19-14-17(22)11-12-20(19)24-21/h5-7,9-15,21,24-25H,2-4,8H2,1H3. The first-order chi connectivity index (χ1) is 12.3. The van der Waals surface area contributed by atoms with Crippen LogP contribution in [0.5, 0.6) is 0 Å². The zero-order chi connectivity index (χ0) is 17.5. The molecule has 0 saturated heterocycles. The van der Waals surface area contributed by atoms with E-state index >= 15 is 0 Å². The SMILES string of the molecule is CCCCCC=NNC1C=C(c2ccccc2)c2cc(Br)ccc2N1. The number of hydrogen-bond donors (Lipinski definition) is 2. The molecule has 0 bridgehead atoms. The average Bonchev–Trinajstić information content (AvgIpc) is 2.65. The predicted molar refractivity (Wildman–Crippen MR) is 111 cm³/mol. The Bertz CT molecular complexity index is 753. The number of halogens is 1. The van der Waals surface area contributed by atoms with E-state index < -0.39 is 0 Å². The first kappa shape index (κ1) is 17.7. The van der Waals surface area contributed by atoms with Crippen molar-refractivity contribution in [1.82, 2.24) is 5.43 Å². The maximum atomic E-state index is 4.39. The van der Waals surface area contributed by atoms with Crippen LogP contribution in [-0.4, -0.2) is 12.4 Å². The van der Waals surface area contributed by atoms with Crippen LogP contribution < -0.4 is 10.7 Å². The molecule has 0 aliphatic carbocycles. The third kappa shape index (κ3) is 4.73. The first-order valence-electron chi connectivity index (χ1n) is 8.88. The highest BCUT2D eigenvalue weighted by Crippen LogP contribution is 2.35. The molecular formula is C21H24BrN3. The third-order valence-corrected chi connectivity index (χ3v) is 4.74. The average molecular weight is 398 g/mol.